The van der Waals surface area contributed by atoms with E-state index in [1.165, 1.54) is 0 Å². The largest absolute Gasteiger partial charge is 0.494 e. The van der Waals surface area contributed by atoms with Gasteiger partial charge < -0.3 is 24.2 Å². The Morgan fingerprint density at radius 2 is 1.83 bits per heavy atom. The third-order valence-corrected chi connectivity index (χ3v) is 4.81. The summed E-state index contributed by atoms with van der Waals surface area (Å²) in [7, 11) is -0.517. The summed E-state index contributed by atoms with van der Waals surface area (Å²) in [5.74, 6) is 0.455. The van der Waals surface area contributed by atoms with Crippen molar-refractivity contribution >= 4 is 41.2 Å². The second-order valence-corrected chi connectivity index (χ2v) is 7.24. The molecule has 6 nitrogen and oxygen atoms in total. The number of rotatable bonds is 3. The number of halogens is 1. The molecule has 0 atom stereocenters. The molecular weight excluding hydrogens is 332 g/mol. The highest BCUT2D eigenvalue weighted by Crippen LogP contribution is 2.37. The summed E-state index contributed by atoms with van der Waals surface area (Å²) >= 11 is 6.32. The molecule has 128 valence electrons. The second-order valence-electron chi connectivity index (χ2n) is 6.83. The highest BCUT2D eigenvalue weighted by molar-refractivity contribution is 6.63. The Hall–Kier alpha value is -1.70. The molecule has 0 saturated carbocycles. The number of nitrogens with two attached hydrogens (primary N) is 1. The van der Waals surface area contributed by atoms with E-state index in [0.29, 0.717) is 16.4 Å². The third-order valence-electron chi connectivity index (χ3n) is 4.53. The van der Waals surface area contributed by atoms with Crippen molar-refractivity contribution in [1.82, 2.24) is 0 Å². The molecule has 8 heteroatoms. The van der Waals surface area contributed by atoms with E-state index in [1.54, 1.807) is 12.1 Å². The van der Waals surface area contributed by atoms with Crippen molar-refractivity contribution < 1.29 is 23.3 Å². The van der Waals surface area contributed by atoms with Gasteiger partial charge in [-0.2, -0.15) is 0 Å². The minimum atomic E-state index is -0.862. The van der Waals surface area contributed by atoms with Gasteiger partial charge in [0.2, 0.25) is 0 Å². The molecule has 2 N–H and O–H groups in total. The fourth-order valence-corrected chi connectivity index (χ4v) is 2.79. The summed E-state index contributed by atoms with van der Waals surface area (Å²) in [6.45, 7) is 7.91. The fourth-order valence-electron chi connectivity index (χ4n) is 2.51. The Balaban J connectivity index is 1.92. The molecular formula is C16H19BClNO5. The lowest BCUT2D eigenvalue weighted by atomic mass is 9.78. The van der Waals surface area contributed by atoms with Gasteiger partial charge in [-0.05, 0) is 45.3 Å². The van der Waals surface area contributed by atoms with Gasteiger partial charge in [-0.25, -0.2) is 4.79 Å². The molecule has 1 aliphatic heterocycles. The highest BCUT2D eigenvalue weighted by Gasteiger charge is 2.51. The van der Waals surface area contributed by atoms with Crippen LogP contribution >= 0.6 is 11.6 Å². The Morgan fingerprint density at radius 1 is 1.21 bits per heavy atom. The van der Waals surface area contributed by atoms with E-state index < -0.39 is 24.4 Å². The minimum Gasteiger partial charge on any atom is -0.456 e. The zero-order valence-corrected chi connectivity index (χ0v) is 14.8. The van der Waals surface area contributed by atoms with Gasteiger partial charge in [-0.3, -0.25) is 0 Å². The maximum Gasteiger partial charge on any atom is 0.494 e. The van der Waals surface area contributed by atoms with Crippen molar-refractivity contribution in [1.29, 1.82) is 0 Å². The minimum absolute atomic E-state index is 0.0494. The van der Waals surface area contributed by atoms with Gasteiger partial charge in [-0.1, -0.05) is 17.7 Å². The van der Waals surface area contributed by atoms with E-state index in [0.717, 1.165) is 10.8 Å². The molecule has 0 spiro atoms. The molecule has 24 heavy (non-hydrogen) atoms. The van der Waals surface area contributed by atoms with E-state index in [1.807, 2.05) is 33.8 Å². The van der Waals surface area contributed by atoms with Crippen LogP contribution < -0.4 is 11.2 Å². The maximum atomic E-state index is 10.7. The SMILES string of the molecule is CC1(C)OB(c2cc(Cl)c3oc(COC(N)=O)cc3c2)OC1(C)C. The van der Waals surface area contributed by atoms with Gasteiger partial charge in [0.15, 0.2) is 12.2 Å². The van der Waals surface area contributed by atoms with Crippen molar-refractivity contribution in [3.8, 4) is 0 Å². The van der Waals surface area contributed by atoms with E-state index in [4.69, 9.17) is 35.8 Å². The Labute approximate surface area is 145 Å². The van der Waals surface area contributed by atoms with Crippen LogP contribution in [0.15, 0.2) is 22.6 Å². The normalized spacial score (nSPS) is 19.0. The molecule has 1 aromatic heterocycles. The molecule has 0 aliphatic carbocycles. The van der Waals surface area contributed by atoms with E-state index >= 15 is 0 Å². The number of hydrogen-bond acceptors (Lipinski definition) is 5. The van der Waals surface area contributed by atoms with E-state index in [9.17, 15) is 4.79 Å². The number of ether oxygens (including phenoxy) is 1. The van der Waals surface area contributed by atoms with Crippen LogP contribution in [0.2, 0.25) is 5.02 Å². The van der Waals surface area contributed by atoms with Crippen LogP contribution in [-0.2, 0) is 20.7 Å². The standard InChI is InChI=1S/C16H19BClNO5/c1-15(2)16(3,4)24-17(23-15)10-5-9-6-11(8-21-14(19)20)22-13(9)12(18)7-10/h5-7H,8H2,1-4H3,(H2,19,20). The number of furan rings is 1. The van der Waals surface area contributed by atoms with Crippen LogP contribution in [0.1, 0.15) is 33.5 Å². The number of carbonyl (C=O) groups is 1. The quantitative estimate of drug-likeness (QED) is 0.859. The van der Waals surface area contributed by atoms with Gasteiger partial charge in [-0.15, -0.1) is 0 Å². The summed E-state index contributed by atoms with van der Waals surface area (Å²) in [6, 6.07) is 5.40. The zero-order chi connectivity index (χ0) is 17.7. The summed E-state index contributed by atoms with van der Waals surface area (Å²) in [5, 5.41) is 1.21. The van der Waals surface area contributed by atoms with Crippen LogP contribution in [0, 0.1) is 0 Å². The average Bonchev–Trinajstić information content (AvgIpc) is 2.95. The first-order valence-corrected chi connectivity index (χ1v) is 7.96. The van der Waals surface area contributed by atoms with Crippen LogP contribution in [0.25, 0.3) is 11.0 Å². The number of hydrogen-bond donors (Lipinski definition) is 1. The van der Waals surface area contributed by atoms with E-state index in [-0.39, 0.29) is 6.61 Å². The Kier molecular flexibility index (Phi) is 4.06. The number of amides is 1. The molecule has 0 unspecified atom stereocenters. The van der Waals surface area contributed by atoms with Crippen LogP contribution in [0.4, 0.5) is 4.79 Å². The molecule has 1 amide bonds. The molecule has 1 saturated heterocycles. The monoisotopic (exact) mass is 351 g/mol. The van der Waals surface area contributed by atoms with Gasteiger partial charge in [0.25, 0.3) is 0 Å². The first kappa shape index (κ1) is 17.1. The molecule has 1 aliphatic rings. The number of benzene rings is 1. The lowest BCUT2D eigenvalue weighted by Gasteiger charge is -2.32. The first-order chi connectivity index (χ1) is 11.1. The smallest absolute Gasteiger partial charge is 0.456 e. The summed E-state index contributed by atoms with van der Waals surface area (Å²) in [5.41, 5.74) is 5.41. The second kappa shape index (κ2) is 5.69. The predicted octanol–water partition coefficient (Wildman–Crippen LogP) is 2.98. The Morgan fingerprint density at radius 3 is 2.42 bits per heavy atom. The molecule has 0 radical (unpaired) electrons. The average molecular weight is 352 g/mol. The van der Waals surface area contributed by atoms with Gasteiger partial charge in [0.05, 0.1) is 16.2 Å². The van der Waals surface area contributed by atoms with Gasteiger partial charge in [0.1, 0.15) is 5.76 Å². The summed E-state index contributed by atoms with van der Waals surface area (Å²) < 4.78 is 22.4. The number of carbonyl (C=O) groups excluding carboxylic acids is 1. The lowest BCUT2D eigenvalue weighted by molar-refractivity contribution is 0.00578. The molecule has 0 bridgehead atoms. The third kappa shape index (κ3) is 2.99. The highest BCUT2D eigenvalue weighted by atomic mass is 35.5. The Bertz CT molecular complexity index is 785. The van der Waals surface area contributed by atoms with Gasteiger partial charge in [0, 0.05) is 5.39 Å². The van der Waals surface area contributed by atoms with E-state index in [2.05, 4.69) is 0 Å². The zero-order valence-electron chi connectivity index (χ0n) is 14.0. The summed E-state index contributed by atoms with van der Waals surface area (Å²) in [6.07, 6.45) is -0.862. The molecule has 2 heterocycles. The van der Waals surface area contributed by atoms with Crippen molar-refractivity contribution in [2.24, 2.45) is 5.73 Å². The molecule has 3 rings (SSSR count). The molecule has 1 fully saturated rings. The number of primary amides is 1. The van der Waals surface area contributed by atoms with Crippen molar-refractivity contribution in [2.75, 3.05) is 0 Å². The number of fused-ring (bicyclic) bond motifs is 1. The fraction of sp³-hybridized carbons (Fsp3) is 0.438. The van der Waals surface area contributed by atoms with Crippen molar-refractivity contribution in [2.45, 2.75) is 45.5 Å². The maximum absolute atomic E-state index is 10.7. The first-order valence-electron chi connectivity index (χ1n) is 7.59. The molecule has 2 aromatic rings. The van der Waals surface area contributed by atoms with Crippen LogP contribution in [0.5, 0.6) is 0 Å². The lowest BCUT2D eigenvalue weighted by Crippen LogP contribution is -2.41. The molecule has 1 aromatic carbocycles. The van der Waals surface area contributed by atoms with Crippen LogP contribution in [-0.4, -0.2) is 24.4 Å². The topological polar surface area (TPSA) is 83.9 Å². The predicted molar refractivity (Wildman–Crippen MR) is 91.3 cm³/mol. The summed E-state index contributed by atoms with van der Waals surface area (Å²) in [4.78, 5) is 10.7. The van der Waals surface area contributed by atoms with Crippen molar-refractivity contribution in [3.63, 3.8) is 0 Å². The van der Waals surface area contributed by atoms with Gasteiger partial charge >= 0.3 is 13.2 Å². The van der Waals surface area contributed by atoms with Crippen LogP contribution in [0.3, 0.4) is 0 Å². The van der Waals surface area contributed by atoms with Crippen molar-refractivity contribution in [3.05, 3.63) is 29.0 Å².